The third kappa shape index (κ3) is 5.18. The van der Waals surface area contributed by atoms with Crippen LogP contribution in [0.25, 0.3) is 0 Å². The molecule has 0 amide bonds. The molecule has 1 aliphatic heterocycles. The van der Waals surface area contributed by atoms with Gasteiger partial charge in [-0.15, -0.1) is 0 Å². The quantitative estimate of drug-likeness (QED) is 0.493. The smallest absolute Gasteiger partial charge is 0.318 e. The molecule has 2 heterocycles. The molecule has 1 saturated heterocycles. The molecule has 12 heteroatoms. The molecule has 1 aromatic carbocycles. The monoisotopic (exact) mass is 492 g/mol. The number of rotatable bonds is 8. The van der Waals surface area contributed by atoms with E-state index in [9.17, 15) is 17.2 Å². The maximum atomic E-state index is 15.3. The van der Waals surface area contributed by atoms with Crippen LogP contribution in [0.4, 0.5) is 22.0 Å². The average Bonchev–Trinajstić information content (AvgIpc) is 3.02. The van der Waals surface area contributed by atoms with E-state index in [0.717, 1.165) is 6.07 Å². The van der Waals surface area contributed by atoms with Gasteiger partial charge in [-0.25, -0.2) is 31.3 Å². The van der Waals surface area contributed by atoms with E-state index in [4.69, 9.17) is 5.73 Å². The minimum Gasteiger partial charge on any atom is -0.325 e. The number of aryl methyl sites for hydroxylation is 1. The number of nitrogens with one attached hydrogen (secondary N) is 2. The van der Waals surface area contributed by atoms with Gasteiger partial charge >= 0.3 is 5.92 Å². The van der Waals surface area contributed by atoms with Crippen LogP contribution in [0.15, 0.2) is 30.3 Å². The first-order chi connectivity index (χ1) is 15.3. The zero-order valence-corrected chi connectivity index (χ0v) is 18.8. The molecular weight excluding hydrogens is 467 g/mol. The number of hydrogen-bond acceptors (Lipinski definition) is 5. The number of aromatic nitrogens is 1. The average molecular weight is 493 g/mol. The molecule has 1 aliphatic rings. The second-order valence-electron chi connectivity index (χ2n) is 7.98. The molecule has 0 bridgehead atoms. The fraction of sp³-hybridized carbons (Fsp3) is 0.476. The Morgan fingerprint density at radius 3 is 2.61 bits per heavy atom. The molecule has 0 saturated carbocycles. The van der Waals surface area contributed by atoms with Gasteiger partial charge in [-0.2, -0.15) is 8.78 Å². The third-order valence-electron chi connectivity index (χ3n) is 5.66. The summed E-state index contributed by atoms with van der Waals surface area (Å²) in [6.45, 7) is 1.79. The van der Waals surface area contributed by atoms with E-state index in [1.54, 1.807) is 0 Å². The van der Waals surface area contributed by atoms with Crippen molar-refractivity contribution in [3.8, 4) is 0 Å². The lowest BCUT2D eigenvalue weighted by atomic mass is 9.94. The van der Waals surface area contributed by atoms with Crippen molar-refractivity contribution < 1.29 is 30.4 Å². The Bertz CT molecular complexity index is 1130. The van der Waals surface area contributed by atoms with Crippen molar-refractivity contribution in [2.45, 2.75) is 50.7 Å². The Hall–Kier alpha value is -2.15. The van der Waals surface area contributed by atoms with Gasteiger partial charge in [0.15, 0.2) is 0 Å². The molecule has 4 N–H and O–H groups in total. The summed E-state index contributed by atoms with van der Waals surface area (Å²) in [6, 6.07) is 3.15. The third-order valence-corrected chi connectivity index (χ3v) is 7.04. The van der Waals surface area contributed by atoms with Crippen molar-refractivity contribution in [2.75, 3.05) is 12.3 Å². The van der Waals surface area contributed by atoms with Crippen molar-refractivity contribution >= 4 is 10.0 Å². The maximum Gasteiger partial charge on any atom is 0.318 e. The summed E-state index contributed by atoms with van der Waals surface area (Å²) in [4.78, 5) is 3.86. The van der Waals surface area contributed by atoms with Gasteiger partial charge in [0.25, 0.3) is 5.92 Å². The molecule has 3 rings (SSSR count). The Kier molecular flexibility index (Phi) is 7.13. The molecule has 182 valence electrons. The van der Waals surface area contributed by atoms with E-state index >= 15 is 13.2 Å². The molecule has 2 aromatic rings. The summed E-state index contributed by atoms with van der Waals surface area (Å²) < 4.78 is 100. The van der Waals surface area contributed by atoms with Gasteiger partial charge in [-0.3, -0.25) is 0 Å². The number of alkyl halides is 4. The van der Waals surface area contributed by atoms with Crippen molar-refractivity contribution in [1.29, 1.82) is 0 Å². The molecule has 0 unspecified atom stereocenters. The van der Waals surface area contributed by atoms with Crippen LogP contribution in [0.1, 0.15) is 35.0 Å². The first kappa shape index (κ1) is 25.5. The summed E-state index contributed by atoms with van der Waals surface area (Å²) in [5, 5.41) is 2.48. The largest absolute Gasteiger partial charge is 0.325 e. The van der Waals surface area contributed by atoms with Crippen LogP contribution >= 0.6 is 0 Å². The van der Waals surface area contributed by atoms with Crippen LogP contribution in [0, 0.1) is 12.7 Å². The van der Waals surface area contributed by atoms with Crippen LogP contribution in [0.5, 0.6) is 0 Å². The second-order valence-corrected chi connectivity index (χ2v) is 10.0. The number of pyridine rings is 1. The lowest BCUT2D eigenvalue weighted by Crippen LogP contribution is -2.52. The van der Waals surface area contributed by atoms with Crippen molar-refractivity contribution in [3.05, 3.63) is 64.2 Å². The maximum absolute atomic E-state index is 15.3. The van der Waals surface area contributed by atoms with Crippen molar-refractivity contribution in [3.63, 3.8) is 0 Å². The van der Waals surface area contributed by atoms with E-state index in [0.29, 0.717) is 0 Å². The van der Waals surface area contributed by atoms with Crippen molar-refractivity contribution in [1.82, 2.24) is 15.0 Å². The highest BCUT2D eigenvalue weighted by Crippen LogP contribution is 2.39. The Morgan fingerprint density at radius 1 is 1.27 bits per heavy atom. The molecule has 1 aromatic heterocycles. The van der Waals surface area contributed by atoms with Gasteiger partial charge in [0.05, 0.1) is 23.6 Å². The number of benzene rings is 1. The normalized spacial score (nSPS) is 20.8. The number of sulfonamides is 1. The minimum atomic E-state index is -3.99. The summed E-state index contributed by atoms with van der Waals surface area (Å²) in [5.41, 5.74) is 3.96. The van der Waals surface area contributed by atoms with E-state index in [1.807, 2.05) is 4.72 Å². The Labute approximate surface area is 188 Å². The zero-order valence-electron chi connectivity index (χ0n) is 18.0. The summed E-state index contributed by atoms with van der Waals surface area (Å²) in [6.07, 6.45) is -0.433. The Balaban J connectivity index is 1.96. The lowest BCUT2D eigenvalue weighted by Gasteiger charge is -2.25. The number of nitrogens with two attached hydrogens (primary N) is 1. The van der Waals surface area contributed by atoms with Gasteiger partial charge in [0.2, 0.25) is 10.0 Å². The van der Waals surface area contributed by atoms with Crippen LogP contribution in [0.2, 0.25) is 0 Å². The first-order valence-corrected chi connectivity index (χ1v) is 11.9. The lowest BCUT2D eigenvalue weighted by molar-refractivity contribution is -0.000942. The predicted molar refractivity (Wildman–Crippen MR) is 113 cm³/mol. The molecule has 0 aliphatic carbocycles. The van der Waals surface area contributed by atoms with Crippen LogP contribution < -0.4 is 15.8 Å². The minimum absolute atomic E-state index is 0.0809. The predicted octanol–water partition coefficient (Wildman–Crippen LogP) is 2.59. The molecule has 1 fully saturated rings. The molecule has 0 radical (unpaired) electrons. The fourth-order valence-electron chi connectivity index (χ4n) is 3.77. The number of nitrogens with zero attached hydrogens (tertiary/aromatic N) is 1. The summed E-state index contributed by atoms with van der Waals surface area (Å²) >= 11 is 0. The van der Waals surface area contributed by atoms with E-state index in [1.165, 1.54) is 38.1 Å². The van der Waals surface area contributed by atoms with E-state index in [-0.39, 0.29) is 23.4 Å². The van der Waals surface area contributed by atoms with Crippen LogP contribution in [0.3, 0.4) is 0 Å². The van der Waals surface area contributed by atoms with Crippen molar-refractivity contribution in [2.24, 2.45) is 5.73 Å². The summed E-state index contributed by atoms with van der Waals surface area (Å²) in [5.74, 6) is -8.94. The molecule has 0 spiro atoms. The van der Waals surface area contributed by atoms with Gasteiger partial charge in [-0.1, -0.05) is 18.2 Å². The highest BCUT2D eigenvalue weighted by Gasteiger charge is 2.51. The van der Waals surface area contributed by atoms with Gasteiger partial charge in [0.1, 0.15) is 17.6 Å². The SMILES string of the molecule is CCS(=O)(=O)N[C@@H]1[C@H](Cc2cccc(C(F)(F)c3nc(CN)ccc3C)c2F)NCC1(F)F. The van der Waals surface area contributed by atoms with Crippen LogP contribution in [-0.4, -0.2) is 43.7 Å². The zero-order chi connectivity index (χ0) is 24.6. The van der Waals surface area contributed by atoms with Gasteiger partial charge < -0.3 is 11.1 Å². The highest BCUT2D eigenvalue weighted by molar-refractivity contribution is 7.89. The molecular formula is C21H25F5N4O2S. The second kappa shape index (κ2) is 9.24. The van der Waals surface area contributed by atoms with Gasteiger partial charge in [-0.05, 0) is 43.5 Å². The Morgan fingerprint density at radius 2 is 1.97 bits per heavy atom. The van der Waals surface area contributed by atoms with Crippen LogP contribution in [-0.2, 0) is 28.9 Å². The molecule has 33 heavy (non-hydrogen) atoms. The van der Waals surface area contributed by atoms with E-state index in [2.05, 4.69) is 10.3 Å². The highest BCUT2D eigenvalue weighted by atomic mass is 32.2. The number of halogens is 5. The van der Waals surface area contributed by atoms with Gasteiger partial charge in [0, 0.05) is 12.6 Å². The molecule has 6 nitrogen and oxygen atoms in total. The number of hydrogen-bond donors (Lipinski definition) is 3. The topological polar surface area (TPSA) is 97.1 Å². The first-order valence-electron chi connectivity index (χ1n) is 10.3. The molecule has 2 atom stereocenters. The van der Waals surface area contributed by atoms with E-state index < -0.39 is 69.7 Å². The standard InChI is InChI=1S/C21H25F5N4O2S/c1-3-33(31,32)30-19-16(28-11-20(19,23)24)9-13-5-4-6-15(17(13)22)21(25,26)18-12(2)7-8-14(10-27)29-18/h4-8,16,19,28,30H,3,9-11,27H2,1-2H3/t16-,19+/m0/s1. The summed E-state index contributed by atoms with van der Waals surface area (Å²) in [7, 11) is -3.99. The fourth-order valence-corrected chi connectivity index (χ4v) is 4.66.